The van der Waals surface area contributed by atoms with E-state index in [0.717, 1.165) is 89.8 Å². The first kappa shape index (κ1) is 91.0. The monoisotopic (exact) mass is 1710 g/mol. The summed E-state index contributed by atoms with van der Waals surface area (Å²) >= 11 is 0. The molecule has 0 aliphatic heterocycles. The van der Waals surface area contributed by atoms with E-state index in [-0.39, 0.29) is 0 Å². The second kappa shape index (κ2) is 46.8. The van der Waals surface area contributed by atoms with Gasteiger partial charge in [-0.1, -0.05) is 458 Å². The maximum absolute atomic E-state index is 4.74. The van der Waals surface area contributed by atoms with Crippen molar-refractivity contribution in [1.82, 2.24) is 29.9 Å². The molecule has 6 aromatic heterocycles. The molecular weight excluding hydrogens is 1610 g/mol. The lowest BCUT2D eigenvalue weighted by molar-refractivity contribution is 1.32. The predicted octanol–water partition coefficient (Wildman–Crippen LogP) is 33.7. The summed E-state index contributed by atoms with van der Waals surface area (Å²) < 4.78 is 0. The zero-order chi connectivity index (χ0) is 91.6. The van der Waals surface area contributed by atoms with Gasteiger partial charge >= 0.3 is 0 Å². The Hall–Kier alpha value is -16.8. The Morgan fingerprint density at radius 1 is 0.120 bits per heavy atom. The quantitative estimate of drug-likeness (QED) is 0.108. The molecule has 0 N–H and O–H groups in total. The van der Waals surface area contributed by atoms with Crippen LogP contribution in [0.15, 0.2) is 516 Å². The van der Waals surface area contributed by atoms with Gasteiger partial charge in [-0.15, -0.1) is 0 Å². The number of hydrogen-bond acceptors (Lipinski definition) is 6. The van der Waals surface area contributed by atoms with Gasteiger partial charge in [-0.05, 0) is 176 Å². The van der Waals surface area contributed by atoms with Gasteiger partial charge in [0.05, 0.1) is 34.2 Å². The molecule has 0 fully saturated rings. The Bertz CT molecular complexity index is 6250. The highest BCUT2D eigenvalue weighted by atomic mass is 14.7. The Balaban J connectivity index is 0.000000118. The van der Waals surface area contributed by atoms with Crippen LogP contribution in [0.1, 0.15) is 38.9 Å². The summed E-state index contributed by atoms with van der Waals surface area (Å²) in [5, 5.41) is 0. The van der Waals surface area contributed by atoms with Crippen LogP contribution in [-0.4, -0.2) is 29.9 Å². The Morgan fingerprint density at radius 3 is 0.639 bits per heavy atom. The number of benzene rings is 15. The number of rotatable bonds is 14. The first-order valence-corrected chi connectivity index (χ1v) is 45.0. The number of pyridine rings is 6. The van der Waals surface area contributed by atoms with Crippen LogP contribution in [0.3, 0.4) is 0 Å². The van der Waals surface area contributed by atoms with Gasteiger partial charge < -0.3 is 0 Å². The van der Waals surface area contributed by atoms with E-state index >= 15 is 0 Å². The van der Waals surface area contributed by atoms with Crippen LogP contribution in [0.2, 0.25) is 0 Å². The molecular formula is C127H106N6. The van der Waals surface area contributed by atoms with Crippen molar-refractivity contribution in [2.75, 3.05) is 0 Å². The van der Waals surface area contributed by atoms with Crippen molar-refractivity contribution in [3.8, 4) is 157 Å². The van der Waals surface area contributed by atoms with Gasteiger partial charge in [0, 0.05) is 92.8 Å². The molecule has 6 heterocycles. The van der Waals surface area contributed by atoms with Gasteiger partial charge in [0.25, 0.3) is 0 Å². The highest BCUT2D eigenvalue weighted by Crippen LogP contribution is 2.33. The first-order valence-electron chi connectivity index (χ1n) is 45.0. The van der Waals surface area contributed by atoms with Crippen LogP contribution in [0, 0.1) is 48.5 Å². The van der Waals surface area contributed by atoms with E-state index in [2.05, 4.69) is 437 Å². The van der Waals surface area contributed by atoms with E-state index < -0.39 is 0 Å². The number of nitrogens with zero attached hydrogens (tertiary/aromatic N) is 6. The second-order valence-corrected chi connectivity index (χ2v) is 32.8. The van der Waals surface area contributed by atoms with Crippen LogP contribution < -0.4 is 0 Å². The van der Waals surface area contributed by atoms with E-state index in [1.165, 1.54) is 106 Å². The molecule has 6 heteroatoms. The normalized spacial score (nSPS) is 10.4. The van der Waals surface area contributed by atoms with Gasteiger partial charge in [0.15, 0.2) is 0 Å². The Kier molecular flexibility index (Phi) is 32.0. The number of hydrogen-bond donors (Lipinski definition) is 0. The Morgan fingerprint density at radius 2 is 0.323 bits per heavy atom. The smallest absolute Gasteiger partial charge is 0.0709 e. The molecule has 133 heavy (non-hydrogen) atoms. The maximum atomic E-state index is 4.74. The molecule has 21 aromatic rings. The standard InChI is InChI=1S/C19H16.6C18H15N/c1-15-10-12-17(13-11-15)19-9-5-8-18(14-19)16-6-3-2-4-7-16;1-14-10-12-16(13-11-14)18-9-5-8-17(19-18)15-6-3-2-4-7-15;1-14-7-9-16(10-8-14)18-11-17(12-19-13-18)15-5-3-2-4-6-15;1-14-7-9-15(10-8-14)17-11-12-19-18(13-17)16-5-3-2-4-6-16;1-14-7-9-15(10-8-14)17-11-12-18(19-13-17)16-5-3-2-4-6-16;1-14-7-9-16(10-8-14)18-13-17(11-12-19-18)15-5-3-2-4-6-15;1-14-7-9-16(10-8-14)18-12-11-17(13-19-18)15-5-3-2-4-6-15/h2-14H,1H3;6*2-13H,1H3. The lowest BCUT2D eigenvalue weighted by Gasteiger charge is -2.06. The third kappa shape index (κ3) is 26.7. The summed E-state index contributed by atoms with van der Waals surface area (Å²) in [4.78, 5) is 27.1. The molecule has 0 atom stereocenters. The molecule has 15 aromatic carbocycles. The minimum absolute atomic E-state index is 1.01. The summed E-state index contributed by atoms with van der Waals surface area (Å²) in [7, 11) is 0. The Labute approximate surface area is 784 Å². The minimum Gasteiger partial charge on any atom is -0.263 e. The molecule has 0 radical (unpaired) electrons. The predicted molar refractivity (Wildman–Crippen MR) is 561 cm³/mol. The summed E-state index contributed by atoms with van der Waals surface area (Å²) in [5.74, 6) is 0. The third-order valence-electron chi connectivity index (χ3n) is 22.6. The SMILES string of the molecule is Cc1ccc(-c2cc(-c3ccccc3)ccn2)cc1.Cc1ccc(-c2ccc(-c3ccccc3)cn2)cc1.Cc1ccc(-c2ccc(-c3ccccc3)nc2)cc1.Cc1ccc(-c2cccc(-c3ccccc3)c2)cc1.Cc1ccc(-c2cccc(-c3ccccc3)n2)cc1.Cc1ccc(-c2ccnc(-c3ccccc3)c2)cc1.Cc1ccc(-c2cncc(-c3ccccc3)c2)cc1. The fraction of sp³-hybridized carbons (Fsp3) is 0.0551. The lowest BCUT2D eigenvalue weighted by atomic mass is 9.99. The van der Waals surface area contributed by atoms with Crippen molar-refractivity contribution < 1.29 is 0 Å². The summed E-state index contributed by atoms with van der Waals surface area (Å²) in [6.07, 6.45) is 11.4. The highest BCUT2D eigenvalue weighted by molar-refractivity contribution is 5.77. The largest absolute Gasteiger partial charge is 0.263 e. The lowest BCUT2D eigenvalue weighted by Crippen LogP contribution is -1.87. The number of aromatic nitrogens is 6. The van der Waals surface area contributed by atoms with Crippen molar-refractivity contribution >= 4 is 0 Å². The van der Waals surface area contributed by atoms with Crippen LogP contribution in [0.4, 0.5) is 0 Å². The van der Waals surface area contributed by atoms with Gasteiger partial charge in [-0.3, -0.25) is 24.9 Å². The van der Waals surface area contributed by atoms with E-state index in [0.29, 0.717) is 0 Å². The molecule has 0 saturated heterocycles. The molecule has 644 valence electrons. The highest BCUT2D eigenvalue weighted by Gasteiger charge is 2.11. The van der Waals surface area contributed by atoms with Gasteiger partial charge in [0.2, 0.25) is 0 Å². The molecule has 0 aliphatic rings. The molecule has 6 nitrogen and oxygen atoms in total. The molecule has 21 rings (SSSR count). The van der Waals surface area contributed by atoms with Crippen molar-refractivity contribution in [3.63, 3.8) is 0 Å². The molecule has 0 bridgehead atoms. The van der Waals surface area contributed by atoms with Gasteiger partial charge in [-0.25, -0.2) is 4.98 Å². The summed E-state index contributed by atoms with van der Waals surface area (Å²) in [6, 6.07) is 166. The fourth-order valence-electron chi connectivity index (χ4n) is 14.9. The van der Waals surface area contributed by atoms with Crippen LogP contribution in [0.25, 0.3) is 157 Å². The van der Waals surface area contributed by atoms with E-state index in [1.54, 1.807) is 0 Å². The van der Waals surface area contributed by atoms with E-state index in [9.17, 15) is 0 Å². The van der Waals surface area contributed by atoms with Gasteiger partial charge in [-0.2, -0.15) is 0 Å². The number of aryl methyl sites for hydroxylation is 7. The molecule has 0 saturated carbocycles. The van der Waals surface area contributed by atoms with Crippen molar-refractivity contribution in [1.29, 1.82) is 0 Å². The van der Waals surface area contributed by atoms with Crippen molar-refractivity contribution in [2.24, 2.45) is 0 Å². The van der Waals surface area contributed by atoms with Crippen LogP contribution in [-0.2, 0) is 0 Å². The first-order chi connectivity index (χ1) is 65.3. The topological polar surface area (TPSA) is 77.3 Å². The van der Waals surface area contributed by atoms with E-state index in [4.69, 9.17) is 4.98 Å². The molecule has 0 aliphatic carbocycles. The average Bonchev–Trinajstić information content (AvgIpc) is 0.851. The molecule has 0 spiro atoms. The minimum atomic E-state index is 1.01. The van der Waals surface area contributed by atoms with Gasteiger partial charge in [0.1, 0.15) is 0 Å². The maximum Gasteiger partial charge on any atom is 0.0709 e. The van der Waals surface area contributed by atoms with Crippen molar-refractivity contribution in [3.05, 3.63) is 555 Å². The fourth-order valence-corrected chi connectivity index (χ4v) is 14.9. The van der Waals surface area contributed by atoms with Crippen LogP contribution in [0.5, 0.6) is 0 Å². The molecule has 0 amide bonds. The van der Waals surface area contributed by atoms with Crippen LogP contribution >= 0.6 is 0 Å². The molecule has 0 unspecified atom stereocenters. The second-order valence-electron chi connectivity index (χ2n) is 32.8. The third-order valence-corrected chi connectivity index (χ3v) is 22.6. The average molecular weight is 1720 g/mol. The zero-order valence-corrected chi connectivity index (χ0v) is 76.3. The summed E-state index contributed by atoms with van der Waals surface area (Å²) in [5.41, 5.74) is 41.2. The summed E-state index contributed by atoms with van der Waals surface area (Å²) in [6.45, 7) is 14.7. The van der Waals surface area contributed by atoms with Crippen molar-refractivity contribution in [2.45, 2.75) is 48.5 Å². The van der Waals surface area contributed by atoms with E-state index in [1.807, 2.05) is 152 Å². The zero-order valence-electron chi connectivity index (χ0n) is 76.3.